The first-order chi connectivity index (χ1) is 12.2. The Balaban J connectivity index is 0. The molecule has 0 spiro atoms. The summed E-state index contributed by atoms with van der Waals surface area (Å²) >= 11 is 0. The minimum absolute atomic E-state index is 0.136. The van der Waals surface area contributed by atoms with Crippen LogP contribution >= 0.6 is 0 Å². The van der Waals surface area contributed by atoms with Crippen LogP contribution < -0.4 is 0 Å². The van der Waals surface area contributed by atoms with Gasteiger partial charge in [-0.1, -0.05) is 71.3 Å². The summed E-state index contributed by atoms with van der Waals surface area (Å²) in [4.78, 5) is 21.1. The summed E-state index contributed by atoms with van der Waals surface area (Å²) in [5, 5.41) is 8.74. The monoisotopic (exact) mass is 351 g/mol. The van der Waals surface area contributed by atoms with Gasteiger partial charge in [-0.3, -0.25) is 0 Å². The molecule has 0 aromatic heterocycles. The zero-order chi connectivity index (χ0) is 19.2. The molecule has 0 aliphatic heterocycles. The van der Waals surface area contributed by atoms with Gasteiger partial charge in [0, 0.05) is 6.42 Å². The number of carbonyl (C=O) groups excluding carboxylic acids is 2. The van der Waals surface area contributed by atoms with Gasteiger partial charge in [-0.25, -0.2) is 4.79 Å². The van der Waals surface area contributed by atoms with E-state index < -0.39 is 5.97 Å². The summed E-state index contributed by atoms with van der Waals surface area (Å²) in [5.41, 5.74) is 0.136. The number of esters is 1. The highest BCUT2D eigenvalue weighted by molar-refractivity contribution is 5.92. The van der Waals surface area contributed by atoms with Crippen LogP contribution in [0.5, 0.6) is 0 Å². The zero-order valence-corrected chi connectivity index (χ0v) is 16.5. The SMILES string of the molecule is CCCCCCCC=C(C#N)C(=O)OCC.CCCCCCCC=O. The first kappa shape index (κ1) is 25.6. The molecule has 0 heterocycles. The number of hydrogen-bond donors (Lipinski definition) is 0. The number of carbonyl (C=O) groups is 2. The van der Waals surface area contributed by atoms with Crippen LogP contribution in [0, 0.1) is 11.3 Å². The van der Waals surface area contributed by atoms with Crippen LogP contribution in [0.3, 0.4) is 0 Å². The standard InChI is InChI=1S/C13H21NO2.C8H16O/c1-3-5-6-7-8-9-10-12(11-14)13(15)16-4-2;1-2-3-4-5-6-7-8-9/h10H,3-9H2,1-2H3;8H,2-7H2,1H3. The van der Waals surface area contributed by atoms with Crippen LogP contribution in [0.2, 0.25) is 0 Å². The lowest BCUT2D eigenvalue weighted by Gasteiger charge is -2.00. The molecule has 0 aromatic carbocycles. The molecule has 0 unspecified atom stereocenters. The van der Waals surface area contributed by atoms with Crippen LogP contribution in [-0.4, -0.2) is 18.9 Å². The Kier molecular flexibility index (Phi) is 22.9. The molecule has 144 valence electrons. The molecule has 25 heavy (non-hydrogen) atoms. The molecule has 0 bridgehead atoms. The highest BCUT2D eigenvalue weighted by Gasteiger charge is 2.08. The number of unbranched alkanes of at least 4 members (excludes halogenated alkanes) is 10. The van der Waals surface area contributed by atoms with Crippen molar-refractivity contribution < 1.29 is 14.3 Å². The molecule has 0 saturated heterocycles. The smallest absolute Gasteiger partial charge is 0.348 e. The predicted molar refractivity (Wildman–Crippen MR) is 103 cm³/mol. The number of aldehydes is 1. The zero-order valence-electron chi connectivity index (χ0n) is 16.5. The molecule has 0 aliphatic carbocycles. The third-order valence-electron chi connectivity index (χ3n) is 3.70. The molecule has 0 N–H and O–H groups in total. The van der Waals surface area contributed by atoms with Crippen molar-refractivity contribution in [2.45, 2.75) is 97.8 Å². The lowest BCUT2D eigenvalue weighted by Crippen LogP contribution is -2.06. The summed E-state index contributed by atoms with van der Waals surface area (Å²) in [6.45, 7) is 6.42. The van der Waals surface area contributed by atoms with Crippen molar-refractivity contribution in [1.82, 2.24) is 0 Å². The van der Waals surface area contributed by atoms with E-state index in [9.17, 15) is 9.59 Å². The Morgan fingerprint density at radius 2 is 1.40 bits per heavy atom. The maximum atomic E-state index is 11.2. The number of allylic oxidation sites excluding steroid dienone is 1. The van der Waals surface area contributed by atoms with Gasteiger partial charge in [-0.05, 0) is 26.2 Å². The molecule has 0 atom stereocenters. The Morgan fingerprint density at radius 1 is 0.880 bits per heavy atom. The second-order valence-corrected chi connectivity index (χ2v) is 6.02. The third-order valence-corrected chi connectivity index (χ3v) is 3.70. The van der Waals surface area contributed by atoms with Gasteiger partial charge in [-0.2, -0.15) is 5.26 Å². The van der Waals surface area contributed by atoms with Gasteiger partial charge in [0.2, 0.25) is 0 Å². The molecule has 4 heteroatoms. The summed E-state index contributed by atoms with van der Waals surface area (Å²) < 4.78 is 4.76. The van der Waals surface area contributed by atoms with Crippen LogP contribution in [-0.2, 0) is 14.3 Å². The third kappa shape index (κ3) is 20.3. The van der Waals surface area contributed by atoms with Crippen molar-refractivity contribution in [2.24, 2.45) is 0 Å². The van der Waals surface area contributed by atoms with Gasteiger partial charge in [0.15, 0.2) is 0 Å². The number of nitriles is 1. The highest BCUT2D eigenvalue weighted by atomic mass is 16.5. The van der Waals surface area contributed by atoms with E-state index in [1.807, 2.05) is 6.07 Å². The Hall–Kier alpha value is -1.63. The van der Waals surface area contributed by atoms with Crippen molar-refractivity contribution in [3.63, 3.8) is 0 Å². The summed E-state index contributed by atoms with van der Waals surface area (Å²) in [5.74, 6) is -0.501. The average Bonchev–Trinajstić information content (AvgIpc) is 2.62. The van der Waals surface area contributed by atoms with E-state index in [1.165, 1.54) is 44.9 Å². The van der Waals surface area contributed by atoms with E-state index >= 15 is 0 Å². The molecule has 0 radical (unpaired) electrons. The molecule has 0 amide bonds. The van der Waals surface area contributed by atoms with E-state index in [4.69, 9.17) is 10.00 Å². The molecule has 0 fully saturated rings. The topological polar surface area (TPSA) is 67.2 Å². The largest absolute Gasteiger partial charge is 0.462 e. The van der Waals surface area contributed by atoms with E-state index in [0.717, 1.165) is 38.4 Å². The maximum absolute atomic E-state index is 11.2. The van der Waals surface area contributed by atoms with Gasteiger partial charge in [0.25, 0.3) is 0 Å². The number of nitrogens with zero attached hydrogens (tertiary/aromatic N) is 1. The summed E-state index contributed by atoms with van der Waals surface area (Å²) in [7, 11) is 0. The van der Waals surface area contributed by atoms with Gasteiger partial charge in [0.1, 0.15) is 17.9 Å². The van der Waals surface area contributed by atoms with Crippen molar-refractivity contribution in [1.29, 1.82) is 5.26 Å². The Bertz CT molecular complexity index is 383. The number of rotatable bonds is 14. The maximum Gasteiger partial charge on any atom is 0.348 e. The van der Waals surface area contributed by atoms with Gasteiger partial charge >= 0.3 is 5.97 Å². The summed E-state index contributed by atoms with van der Waals surface area (Å²) in [6, 6.07) is 1.88. The second-order valence-electron chi connectivity index (χ2n) is 6.02. The molecule has 0 aromatic rings. The number of hydrogen-bond acceptors (Lipinski definition) is 4. The second kappa shape index (κ2) is 22.4. The van der Waals surface area contributed by atoms with Crippen molar-refractivity contribution in [2.75, 3.05) is 6.61 Å². The fourth-order valence-corrected chi connectivity index (χ4v) is 2.21. The van der Waals surface area contributed by atoms with E-state index in [2.05, 4.69) is 13.8 Å². The van der Waals surface area contributed by atoms with Crippen molar-refractivity contribution in [3.8, 4) is 6.07 Å². The predicted octanol–water partition coefficient (Wildman–Crippen LogP) is 5.91. The molecule has 0 rings (SSSR count). The minimum Gasteiger partial charge on any atom is -0.462 e. The van der Waals surface area contributed by atoms with Crippen molar-refractivity contribution >= 4 is 12.3 Å². The van der Waals surface area contributed by atoms with Crippen LogP contribution in [0.1, 0.15) is 97.8 Å². The van der Waals surface area contributed by atoms with E-state index in [1.54, 1.807) is 13.0 Å². The van der Waals surface area contributed by atoms with E-state index in [-0.39, 0.29) is 5.57 Å². The average molecular weight is 352 g/mol. The normalized spacial score (nSPS) is 10.4. The summed E-state index contributed by atoms with van der Waals surface area (Å²) in [6.07, 6.45) is 16.3. The first-order valence-electron chi connectivity index (χ1n) is 9.88. The van der Waals surface area contributed by atoms with Crippen LogP contribution in [0.25, 0.3) is 0 Å². The molecular formula is C21H37NO3. The van der Waals surface area contributed by atoms with E-state index in [0.29, 0.717) is 6.61 Å². The van der Waals surface area contributed by atoms with Crippen LogP contribution in [0.4, 0.5) is 0 Å². The molecule has 0 saturated carbocycles. The first-order valence-corrected chi connectivity index (χ1v) is 9.88. The Labute approximate surface area is 154 Å². The molecule has 0 aliphatic rings. The van der Waals surface area contributed by atoms with Gasteiger partial charge < -0.3 is 9.53 Å². The lowest BCUT2D eigenvalue weighted by molar-refractivity contribution is -0.138. The highest BCUT2D eigenvalue weighted by Crippen LogP contribution is 2.07. The van der Waals surface area contributed by atoms with Crippen LogP contribution in [0.15, 0.2) is 11.6 Å². The number of ether oxygens (including phenoxy) is 1. The Morgan fingerprint density at radius 3 is 1.84 bits per heavy atom. The molecule has 4 nitrogen and oxygen atoms in total. The fourth-order valence-electron chi connectivity index (χ4n) is 2.21. The van der Waals surface area contributed by atoms with Gasteiger partial charge in [0.05, 0.1) is 6.61 Å². The van der Waals surface area contributed by atoms with Crippen molar-refractivity contribution in [3.05, 3.63) is 11.6 Å². The fraction of sp³-hybridized carbons (Fsp3) is 0.762. The molecular weight excluding hydrogens is 314 g/mol. The van der Waals surface area contributed by atoms with Gasteiger partial charge in [-0.15, -0.1) is 0 Å². The lowest BCUT2D eigenvalue weighted by atomic mass is 10.1. The minimum atomic E-state index is -0.501. The quantitative estimate of drug-likeness (QED) is 0.128.